The number of alkyl halides is 1. The van der Waals surface area contributed by atoms with E-state index in [1.807, 2.05) is 0 Å². The first-order chi connectivity index (χ1) is 6.34. The summed E-state index contributed by atoms with van der Waals surface area (Å²) in [5.74, 6) is 0.125. The van der Waals surface area contributed by atoms with Crippen molar-refractivity contribution in [2.45, 2.75) is 12.5 Å². The molecule has 0 aromatic heterocycles. The smallest absolute Gasteiger partial charge is 0.351 e. The third kappa shape index (κ3) is 3.51. The van der Waals surface area contributed by atoms with Crippen LogP contribution in [0, 0.1) is 0 Å². The highest BCUT2D eigenvalue weighted by Gasteiger charge is 2.17. The molecule has 0 saturated carbocycles. The summed E-state index contributed by atoms with van der Waals surface area (Å²) in [5.41, 5.74) is 0. The minimum absolute atomic E-state index is 0.347. The van der Waals surface area contributed by atoms with E-state index in [4.69, 9.17) is 21.1 Å². The molecule has 1 unspecified atom stereocenters. The van der Waals surface area contributed by atoms with Crippen LogP contribution in [0.4, 0.5) is 0 Å². The van der Waals surface area contributed by atoms with E-state index in [0.717, 1.165) is 0 Å². The number of allylic oxidation sites excluding steroid dienone is 2. The fraction of sp³-hybridized carbons (Fsp3) is 0.444. The van der Waals surface area contributed by atoms with Gasteiger partial charge in [0.15, 0.2) is 0 Å². The standard InChI is InChI=1S/C9H11ClO3/c10-5-3-7-13-9(11)8-4-1-2-6-12-8/h1-2,4,6,8H,3,5,7H2. The van der Waals surface area contributed by atoms with Crippen LogP contribution in [0.2, 0.25) is 0 Å². The number of halogens is 1. The summed E-state index contributed by atoms with van der Waals surface area (Å²) in [4.78, 5) is 11.2. The molecule has 3 nitrogen and oxygen atoms in total. The minimum Gasteiger partial charge on any atom is -0.482 e. The van der Waals surface area contributed by atoms with Crippen LogP contribution < -0.4 is 0 Å². The Labute approximate surface area is 82.0 Å². The number of carbonyl (C=O) groups is 1. The number of hydrogen-bond acceptors (Lipinski definition) is 3. The van der Waals surface area contributed by atoms with E-state index in [0.29, 0.717) is 18.9 Å². The van der Waals surface area contributed by atoms with Crippen LogP contribution in [0.5, 0.6) is 0 Å². The summed E-state index contributed by atoms with van der Waals surface area (Å²) in [6.45, 7) is 0.347. The lowest BCUT2D eigenvalue weighted by atomic mass is 10.3. The molecule has 0 N–H and O–H groups in total. The van der Waals surface area contributed by atoms with Crippen molar-refractivity contribution in [1.82, 2.24) is 0 Å². The maximum absolute atomic E-state index is 11.2. The molecule has 1 heterocycles. The van der Waals surface area contributed by atoms with Crippen molar-refractivity contribution in [3.63, 3.8) is 0 Å². The monoisotopic (exact) mass is 202 g/mol. The minimum atomic E-state index is -0.597. The molecule has 0 spiro atoms. The van der Waals surface area contributed by atoms with Crippen LogP contribution in [0.1, 0.15) is 6.42 Å². The largest absolute Gasteiger partial charge is 0.482 e. The Morgan fingerprint density at radius 3 is 3.00 bits per heavy atom. The average molecular weight is 203 g/mol. The van der Waals surface area contributed by atoms with Crippen molar-refractivity contribution in [2.75, 3.05) is 12.5 Å². The molecule has 0 amide bonds. The van der Waals surface area contributed by atoms with Gasteiger partial charge in [0.25, 0.3) is 0 Å². The van der Waals surface area contributed by atoms with Gasteiger partial charge < -0.3 is 9.47 Å². The van der Waals surface area contributed by atoms with Gasteiger partial charge in [0, 0.05) is 5.88 Å². The van der Waals surface area contributed by atoms with Crippen molar-refractivity contribution in [3.05, 3.63) is 24.5 Å². The molecule has 1 rings (SSSR count). The third-order valence-electron chi connectivity index (χ3n) is 1.46. The summed E-state index contributed by atoms with van der Waals surface area (Å²) in [6, 6.07) is 0. The predicted octanol–water partition coefficient (Wildman–Crippen LogP) is 1.63. The zero-order chi connectivity index (χ0) is 9.52. The molecule has 0 saturated heterocycles. The summed E-state index contributed by atoms with van der Waals surface area (Å²) < 4.78 is 9.88. The van der Waals surface area contributed by atoms with Crippen LogP contribution in [0.25, 0.3) is 0 Å². The highest BCUT2D eigenvalue weighted by Crippen LogP contribution is 2.04. The Morgan fingerprint density at radius 1 is 1.54 bits per heavy atom. The molecule has 0 aromatic carbocycles. The fourth-order valence-corrected chi connectivity index (χ4v) is 0.938. The summed E-state index contributed by atoms with van der Waals surface area (Å²) >= 11 is 5.42. The SMILES string of the molecule is O=C(OCCCCl)C1C=CC=CO1. The number of ether oxygens (including phenoxy) is 2. The fourth-order valence-electron chi connectivity index (χ4n) is 0.829. The quantitative estimate of drug-likeness (QED) is 0.395. The van der Waals surface area contributed by atoms with Gasteiger partial charge in [-0.05, 0) is 18.6 Å². The molecular formula is C9H11ClO3. The van der Waals surface area contributed by atoms with Gasteiger partial charge in [-0.2, -0.15) is 0 Å². The van der Waals surface area contributed by atoms with E-state index in [1.165, 1.54) is 6.26 Å². The maximum atomic E-state index is 11.2. The Kier molecular flexibility index (Phi) is 4.40. The third-order valence-corrected chi connectivity index (χ3v) is 1.72. The number of esters is 1. The molecule has 0 fully saturated rings. The van der Waals surface area contributed by atoms with Crippen LogP contribution in [0.3, 0.4) is 0 Å². The molecule has 0 aromatic rings. The van der Waals surface area contributed by atoms with Gasteiger partial charge in [0.1, 0.15) is 0 Å². The van der Waals surface area contributed by atoms with E-state index in [1.54, 1.807) is 18.2 Å². The van der Waals surface area contributed by atoms with Crippen molar-refractivity contribution >= 4 is 17.6 Å². The van der Waals surface area contributed by atoms with Crippen molar-refractivity contribution in [2.24, 2.45) is 0 Å². The topological polar surface area (TPSA) is 35.5 Å². The zero-order valence-electron chi connectivity index (χ0n) is 7.11. The first-order valence-corrected chi connectivity index (χ1v) is 4.59. The van der Waals surface area contributed by atoms with E-state index < -0.39 is 6.10 Å². The number of hydrogen-bond donors (Lipinski definition) is 0. The van der Waals surface area contributed by atoms with E-state index in [2.05, 4.69) is 0 Å². The molecule has 1 aliphatic heterocycles. The normalized spacial score (nSPS) is 19.6. The van der Waals surface area contributed by atoms with Crippen molar-refractivity contribution < 1.29 is 14.3 Å². The predicted molar refractivity (Wildman–Crippen MR) is 49.4 cm³/mol. The zero-order valence-corrected chi connectivity index (χ0v) is 7.87. The summed E-state index contributed by atoms with van der Waals surface area (Å²) in [7, 11) is 0. The second kappa shape index (κ2) is 5.65. The molecular weight excluding hydrogens is 192 g/mol. The highest BCUT2D eigenvalue weighted by molar-refractivity contribution is 6.17. The molecule has 0 aliphatic carbocycles. The lowest BCUT2D eigenvalue weighted by Crippen LogP contribution is -2.24. The maximum Gasteiger partial charge on any atom is 0.351 e. The highest BCUT2D eigenvalue weighted by atomic mass is 35.5. The molecule has 0 radical (unpaired) electrons. The van der Waals surface area contributed by atoms with Gasteiger partial charge in [-0.15, -0.1) is 11.6 Å². The van der Waals surface area contributed by atoms with E-state index in [-0.39, 0.29) is 5.97 Å². The van der Waals surface area contributed by atoms with Crippen LogP contribution in [-0.2, 0) is 14.3 Å². The van der Waals surface area contributed by atoms with Gasteiger partial charge in [-0.1, -0.05) is 6.08 Å². The Hall–Kier alpha value is -0.960. The first-order valence-electron chi connectivity index (χ1n) is 4.06. The lowest BCUT2D eigenvalue weighted by Gasteiger charge is -2.13. The molecule has 1 aliphatic rings. The second-order valence-corrected chi connectivity index (χ2v) is 2.86. The van der Waals surface area contributed by atoms with Crippen LogP contribution >= 0.6 is 11.6 Å². The molecule has 13 heavy (non-hydrogen) atoms. The molecule has 0 bridgehead atoms. The number of carbonyl (C=O) groups excluding carboxylic acids is 1. The Morgan fingerprint density at radius 2 is 2.38 bits per heavy atom. The van der Waals surface area contributed by atoms with Crippen molar-refractivity contribution in [3.8, 4) is 0 Å². The molecule has 4 heteroatoms. The lowest BCUT2D eigenvalue weighted by molar-refractivity contribution is -0.151. The van der Waals surface area contributed by atoms with Gasteiger partial charge in [0.2, 0.25) is 6.10 Å². The summed E-state index contributed by atoms with van der Waals surface area (Å²) in [5, 5.41) is 0. The van der Waals surface area contributed by atoms with Gasteiger partial charge in [-0.25, -0.2) is 4.79 Å². The summed E-state index contributed by atoms with van der Waals surface area (Å²) in [6.07, 6.45) is 6.63. The first kappa shape index (κ1) is 10.1. The molecule has 72 valence electrons. The van der Waals surface area contributed by atoms with Crippen molar-refractivity contribution in [1.29, 1.82) is 0 Å². The van der Waals surface area contributed by atoms with Gasteiger partial charge >= 0.3 is 5.97 Å². The average Bonchev–Trinajstić information content (AvgIpc) is 2.19. The Balaban J connectivity index is 2.23. The second-order valence-electron chi connectivity index (χ2n) is 2.48. The van der Waals surface area contributed by atoms with E-state index >= 15 is 0 Å². The van der Waals surface area contributed by atoms with Crippen LogP contribution in [0.15, 0.2) is 24.5 Å². The Bertz CT molecular complexity index is 223. The van der Waals surface area contributed by atoms with Gasteiger partial charge in [-0.3, -0.25) is 0 Å². The van der Waals surface area contributed by atoms with E-state index in [9.17, 15) is 4.79 Å². The molecule has 1 atom stereocenters. The van der Waals surface area contributed by atoms with Crippen LogP contribution in [-0.4, -0.2) is 24.6 Å². The number of rotatable bonds is 4. The van der Waals surface area contributed by atoms with Gasteiger partial charge in [0.05, 0.1) is 12.9 Å².